The summed E-state index contributed by atoms with van der Waals surface area (Å²) >= 11 is 2.01. The van der Waals surface area contributed by atoms with Crippen LogP contribution >= 0.6 is 11.8 Å². The van der Waals surface area contributed by atoms with Crippen LogP contribution in [-0.4, -0.2) is 14.4 Å². The molecule has 0 N–H and O–H groups in total. The molecule has 0 bridgehead atoms. The van der Waals surface area contributed by atoms with Crippen LogP contribution in [0.5, 0.6) is 0 Å². The van der Waals surface area contributed by atoms with Gasteiger partial charge in [-0.1, -0.05) is 127 Å². The Labute approximate surface area is 323 Å². The molecule has 3 heteroatoms. The first-order valence-corrected chi connectivity index (χ1v) is 20.0. The van der Waals surface area contributed by atoms with Gasteiger partial charge in [0.25, 0.3) is 0 Å². The molecule has 2 unspecified atom stereocenters. The first-order chi connectivity index (χ1) is 27.3. The number of nitrogens with zero attached hydrogens (tertiary/aromatic N) is 2. The van der Waals surface area contributed by atoms with Crippen LogP contribution in [0.3, 0.4) is 0 Å². The Morgan fingerprint density at radius 1 is 0.436 bits per heavy atom. The predicted octanol–water partition coefficient (Wildman–Crippen LogP) is 13.9. The molecule has 2 aliphatic rings. The van der Waals surface area contributed by atoms with Gasteiger partial charge in [-0.05, 0) is 99.9 Å². The molecule has 258 valence electrons. The quantitative estimate of drug-likeness (QED) is 0.176. The minimum absolute atomic E-state index is 0.358. The molecule has 3 heterocycles. The van der Waals surface area contributed by atoms with E-state index in [9.17, 15) is 0 Å². The molecular weight excluding hydrogens is 685 g/mol. The largest absolute Gasteiger partial charge is 0.309 e. The summed E-state index contributed by atoms with van der Waals surface area (Å²) in [5.74, 6) is 0.386. The molecule has 55 heavy (non-hydrogen) atoms. The number of aromatic nitrogens is 2. The van der Waals surface area contributed by atoms with Crippen LogP contribution in [-0.2, 0) is 0 Å². The van der Waals surface area contributed by atoms with Crippen molar-refractivity contribution >= 4 is 71.7 Å². The summed E-state index contributed by atoms with van der Waals surface area (Å²) in [6.07, 6.45) is 7.01. The first-order valence-electron chi connectivity index (χ1n) is 19.1. The zero-order valence-electron chi connectivity index (χ0n) is 29.9. The number of hydrogen-bond donors (Lipinski definition) is 0. The molecule has 2 nitrogen and oxygen atoms in total. The van der Waals surface area contributed by atoms with Gasteiger partial charge in [0.2, 0.25) is 0 Å². The first kappa shape index (κ1) is 30.9. The second-order valence-corrected chi connectivity index (χ2v) is 16.0. The average Bonchev–Trinajstić information content (AvgIpc) is 3.91. The van der Waals surface area contributed by atoms with Crippen molar-refractivity contribution in [3.63, 3.8) is 0 Å². The maximum atomic E-state index is 2.50. The molecule has 12 rings (SSSR count). The van der Waals surface area contributed by atoms with Gasteiger partial charge in [-0.25, -0.2) is 0 Å². The van der Waals surface area contributed by atoms with Gasteiger partial charge >= 0.3 is 0 Å². The molecule has 1 aliphatic carbocycles. The third-order valence-electron chi connectivity index (χ3n) is 11.9. The number of thioether (sulfide) groups is 1. The second-order valence-electron chi connectivity index (χ2n) is 14.8. The Kier molecular flexibility index (Phi) is 6.72. The molecule has 10 aromatic rings. The molecule has 2 aromatic heterocycles. The van der Waals surface area contributed by atoms with Gasteiger partial charge in [-0.2, -0.15) is 0 Å². The van der Waals surface area contributed by atoms with Gasteiger partial charge in [0.1, 0.15) is 0 Å². The zero-order valence-corrected chi connectivity index (χ0v) is 30.7. The van der Waals surface area contributed by atoms with Gasteiger partial charge in [0.05, 0.1) is 27.8 Å². The van der Waals surface area contributed by atoms with E-state index in [1.54, 1.807) is 0 Å². The van der Waals surface area contributed by atoms with Crippen molar-refractivity contribution < 1.29 is 0 Å². The Balaban J connectivity index is 1.04. The molecule has 8 aromatic carbocycles. The molecule has 2 atom stereocenters. The van der Waals surface area contributed by atoms with Crippen molar-refractivity contribution in [1.29, 1.82) is 0 Å². The SMILES string of the molecule is C1=CC2c3ccccc3SC2C(c2cc(-n3c4ccccc4c4cc(-c5ccc6c(c5)c5ccccc5n6-c5ccccc5)ccc43)c3ccccc3c2)=C1. The lowest BCUT2D eigenvalue weighted by atomic mass is 9.84. The van der Waals surface area contributed by atoms with E-state index in [2.05, 4.69) is 203 Å². The summed E-state index contributed by atoms with van der Waals surface area (Å²) < 4.78 is 4.89. The number of hydrogen-bond acceptors (Lipinski definition) is 1. The van der Waals surface area contributed by atoms with Gasteiger partial charge in [-0.15, -0.1) is 11.8 Å². The molecule has 0 spiro atoms. The molecule has 0 amide bonds. The fraction of sp³-hybridized carbons (Fsp3) is 0.0385. The Hall–Kier alpha value is -6.55. The summed E-state index contributed by atoms with van der Waals surface area (Å²) in [7, 11) is 0. The summed E-state index contributed by atoms with van der Waals surface area (Å²) in [5.41, 5.74) is 13.8. The normalized spacial score (nSPS) is 16.3. The predicted molar refractivity (Wildman–Crippen MR) is 234 cm³/mol. The molecule has 0 saturated heterocycles. The number of allylic oxidation sites excluding steroid dienone is 3. The Morgan fingerprint density at radius 2 is 1.04 bits per heavy atom. The van der Waals surface area contributed by atoms with Crippen molar-refractivity contribution in [3.8, 4) is 22.5 Å². The van der Waals surface area contributed by atoms with Gasteiger partial charge in [0, 0.05) is 48.7 Å². The fourth-order valence-electron chi connectivity index (χ4n) is 9.39. The smallest absolute Gasteiger partial charge is 0.0546 e. The van der Waals surface area contributed by atoms with Gasteiger partial charge in [0.15, 0.2) is 0 Å². The summed E-state index contributed by atoms with van der Waals surface area (Å²) in [5, 5.41) is 7.92. The maximum Gasteiger partial charge on any atom is 0.0546 e. The van der Waals surface area contributed by atoms with Crippen molar-refractivity contribution in [2.24, 2.45) is 0 Å². The van der Waals surface area contributed by atoms with Crippen LogP contribution in [0.2, 0.25) is 0 Å². The standard InChI is InChI=1S/C52H34N2S/c1-2-14-37(15-3-1)53-46-22-9-6-17-40(46)44-30-33(25-27-48(44)53)34-26-28-49-45(31-34)41-18-7-10-23-47(41)54(49)50-32-36(29-35-13-4-5-16-38(35)50)39-20-12-21-43-42-19-8-11-24-51(42)55-52(39)43/h1-32,43,52H. The van der Waals surface area contributed by atoms with E-state index in [0.717, 1.165) is 0 Å². The van der Waals surface area contributed by atoms with Crippen LogP contribution in [0.15, 0.2) is 199 Å². The van der Waals surface area contributed by atoms with Crippen LogP contribution in [0, 0.1) is 0 Å². The molecule has 1 aliphatic heterocycles. The number of para-hydroxylation sites is 3. The van der Waals surface area contributed by atoms with Crippen LogP contribution in [0.4, 0.5) is 0 Å². The van der Waals surface area contributed by atoms with E-state index in [4.69, 9.17) is 0 Å². The minimum Gasteiger partial charge on any atom is -0.309 e. The molecule has 0 radical (unpaired) electrons. The van der Waals surface area contributed by atoms with Crippen LogP contribution in [0.25, 0.3) is 82.5 Å². The Morgan fingerprint density at radius 3 is 1.80 bits per heavy atom. The average molecular weight is 719 g/mol. The topological polar surface area (TPSA) is 9.86 Å². The highest BCUT2D eigenvalue weighted by Gasteiger charge is 2.36. The third-order valence-corrected chi connectivity index (χ3v) is 13.3. The summed E-state index contributed by atoms with van der Waals surface area (Å²) in [4.78, 5) is 1.40. The van der Waals surface area contributed by atoms with E-state index in [-0.39, 0.29) is 0 Å². The number of rotatable bonds is 4. The monoisotopic (exact) mass is 718 g/mol. The molecular formula is C52H34N2S. The fourth-order valence-corrected chi connectivity index (χ4v) is 10.9. The highest BCUT2D eigenvalue weighted by atomic mass is 32.2. The zero-order chi connectivity index (χ0) is 36.0. The van der Waals surface area contributed by atoms with Crippen LogP contribution in [0.1, 0.15) is 17.0 Å². The highest BCUT2D eigenvalue weighted by Crippen LogP contribution is 2.53. The lowest BCUT2D eigenvalue weighted by molar-refractivity contribution is 0.893. The van der Waals surface area contributed by atoms with Crippen molar-refractivity contribution in [2.45, 2.75) is 16.1 Å². The number of fused-ring (bicyclic) bond motifs is 10. The van der Waals surface area contributed by atoms with E-state index in [0.29, 0.717) is 11.2 Å². The molecule has 0 saturated carbocycles. The lowest BCUT2D eigenvalue weighted by Gasteiger charge is -2.24. The minimum atomic E-state index is 0.358. The van der Waals surface area contributed by atoms with Crippen LogP contribution < -0.4 is 0 Å². The maximum absolute atomic E-state index is 2.50. The van der Waals surface area contributed by atoms with Gasteiger partial charge < -0.3 is 9.13 Å². The van der Waals surface area contributed by atoms with E-state index in [1.807, 2.05) is 11.8 Å². The third kappa shape index (κ3) is 4.63. The van der Waals surface area contributed by atoms with Crippen molar-refractivity contribution in [1.82, 2.24) is 9.13 Å². The molecule has 0 fully saturated rings. The lowest BCUT2D eigenvalue weighted by Crippen LogP contribution is -2.13. The van der Waals surface area contributed by atoms with E-state index >= 15 is 0 Å². The number of benzene rings is 8. The van der Waals surface area contributed by atoms with Crippen molar-refractivity contribution in [2.75, 3.05) is 0 Å². The summed E-state index contributed by atoms with van der Waals surface area (Å²) in [6, 6.07) is 65.1. The van der Waals surface area contributed by atoms with Gasteiger partial charge in [-0.3, -0.25) is 0 Å². The highest BCUT2D eigenvalue weighted by molar-refractivity contribution is 8.00. The summed E-state index contributed by atoms with van der Waals surface area (Å²) in [6.45, 7) is 0. The Bertz CT molecular complexity index is 3250. The van der Waals surface area contributed by atoms with E-state index < -0.39 is 0 Å². The van der Waals surface area contributed by atoms with E-state index in [1.165, 1.54) is 98.5 Å². The second kappa shape index (κ2) is 12.0. The van der Waals surface area contributed by atoms with Crippen molar-refractivity contribution in [3.05, 3.63) is 205 Å².